The highest BCUT2D eigenvalue weighted by Gasteiger charge is 2.10. The quantitative estimate of drug-likeness (QED) is 0.604. The number of nitro benzene ring substituents is 1. The van der Waals surface area contributed by atoms with Gasteiger partial charge in [0.25, 0.3) is 5.69 Å². The molecule has 7 nitrogen and oxygen atoms in total. The van der Waals surface area contributed by atoms with Gasteiger partial charge in [0, 0.05) is 30.7 Å². The second kappa shape index (κ2) is 5.38. The molecule has 7 heteroatoms. The maximum atomic E-state index is 10.9. The first-order valence-electron chi connectivity index (χ1n) is 5.70. The molecule has 0 bridgehead atoms. The van der Waals surface area contributed by atoms with Gasteiger partial charge in [-0.05, 0) is 6.92 Å². The lowest BCUT2D eigenvalue weighted by Crippen LogP contribution is -2.03. The number of aryl methyl sites for hydroxylation is 1. The summed E-state index contributed by atoms with van der Waals surface area (Å²) >= 11 is 0. The predicted molar refractivity (Wildman–Crippen MR) is 67.4 cm³/mol. The van der Waals surface area contributed by atoms with E-state index < -0.39 is 4.92 Å². The lowest BCUT2D eigenvalue weighted by molar-refractivity contribution is -0.384. The summed E-state index contributed by atoms with van der Waals surface area (Å²) in [6, 6.07) is 6.13. The molecule has 0 saturated heterocycles. The van der Waals surface area contributed by atoms with Crippen LogP contribution in [0.5, 0.6) is 0 Å². The molecule has 0 aliphatic carbocycles. The first-order chi connectivity index (χ1) is 9.06. The number of rotatable bonds is 5. The Hall–Kier alpha value is -2.57. The minimum atomic E-state index is -0.462. The normalized spacial score (nSPS) is 10.4. The molecule has 0 unspecified atom stereocenters. The highest BCUT2D eigenvalue weighted by atomic mass is 16.6. The number of hydrogen-bond acceptors (Lipinski definition) is 5. The van der Waals surface area contributed by atoms with Gasteiger partial charge >= 0.3 is 0 Å². The molecule has 0 amide bonds. The van der Waals surface area contributed by atoms with Gasteiger partial charge in [-0.3, -0.25) is 19.6 Å². The van der Waals surface area contributed by atoms with Gasteiger partial charge in [-0.1, -0.05) is 12.1 Å². The third-order valence-corrected chi connectivity index (χ3v) is 2.54. The molecule has 98 valence electrons. The van der Waals surface area contributed by atoms with Crippen LogP contribution in [-0.2, 0) is 11.3 Å². The Bertz CT molecular complexity index is 621. The summed E-state index contributed by atoms with van der Waals surface area (Å²) in [5.41, 5.74) is 0.577. The summed E-state index contributed by atoms with van der Waals surface area (Å²) in [4.78, 5) is 25.2. The fourth-order valence-corrected chi connectivity index (χ4v) is 1.57. The number of Topliss-reactive ketones (excluding diaryl/α,β-unsaturated/α-hetero) is 1. The third kappa shape index (κ3) is 3.21. The molecule has 2 aromatic rings. The molecule has 2 rings (SSSR count). The SMILES string of the molecule is CC(=O)CCn1cnc(-c2cccc([N+](=O)[O-])c2)n1. The van der Waals surface area contributed by atoms with Crippen molar-refractivity contribution in [2.75, 3.05) is 0 Å². The van der Waals surface area contributed by atoms with Crippen molar-refractivity contribution < 1.29 is 9.72 Å². The standard InChI is InChI=1S/C12H12N4O3/c1-9(17)5-6-15-8-13-12(14-15)10-3-2-4-11(7-10)16(18)19/h2-4,7-8H,5-6H2,1H3. The molecule has 1 aromatic carbocycles. The Kier molecular flexibility index (Phi) is 3.65. The predicted octanol–water partition coefficient (Wildman–Crippen LogP) is 1.83. The second-order valence-corrected chi connectivity index (χ2v) is 4.09. The highest BCUT2D eigenvalue weighted by Crippen LogP contribution is 2.20. The van der Waals surface area contributed by atoms with Crippen LogP contribution >= 0.6 is 0 Å². The van der Waals surface area contributed by atoms with Crippen LogP contribution in [-0.4, -0.2) is 25.5 Å². The molecule has 0 aliphatic heterocycles. The van der Waals surface area contributed by atoms with Gasteiger partial charge in [0.1, 0.15) is 12.1 Å². The number of nitrogens with zero attached hydrogens (tertiary/aromatic N) is 4. The zero-order valence-corrected chi connectivity index (χ0v) is 10.3. The first kappa shape index (κ1) is 12.9. The van der Waals surface area contributed by atoms with Crippen molar-refractivity contribution in [3.63, 3.8) is 0 Å². The van der Waals surface area contributed by atoms with Crippen molar-refractivity contribution in [3.8, 4) is 11.4 Å². The topological polar surface area (TPSA) is 90.9 Å². The second-order valence-electron chi connectivity index (χ2n) is 4.09. The average molecular weight is 260 g/mol. The van der Waals surface area contributed by atoms with E-state index in [1.54, 1.807) is 16.8 Å². The van der Waals surface area contributed by atoms with E-state index in [4.69, 9.17) is 0 Å². The van der Waals surface area contributed by atoms with E-state index in [0.29, 0.717) is 24.4 Å². The minimum absolute atomic E-state index is 0.00224. The summed E-state index contributed by atoms with van der Waals surface area (Å²) < 4.78 is 1.55. The smallest absolute Gasteiger partial charge is 0.270 e. The van der Waals surface area contributed by atoms with E-state index in [1.807, 2.05) is 0 Å². The fraction of sp³-hybridized carbons (Fsp3) is 0.250. The Morgan fingerprint density at radius 1 is 1.47 bits per heavy atom. The molecule has 0 atom stereocenters. The van der Waals surface area contributed by atoms with Crippen LogP contribution < -0.4 is 0 Å². The molecule has 19 heavy (non-hydrogen) atoms. The number of hydrogen-bond donors (Lipinski definition) is 0. The van der Waals surface area contributed by atoms with E-state index in [9.17, 15) is 14.9 Å². The van der Waals surface area contributed by atoms with Crippen LogP contribution in [0.1, 0.15) is 13.3 Å². The maximum Gasteiger partial charge on any atom is 0.270 e. The largest absolute Gasteiger partial charge is 0.300 e. The van der Waals surface area contributed by atoms with Gasteiger partial charge in [0.15, 0.2) is 5.82 Å². The number of nitro groups is 1. The van der Waals surface area contributed by atoms with Crippen LogP contribution in [0, 0.1) is 10.1 Å². The molecule has 1 heterocycles. The monoisotopic (exact) mass is 260 g/mol. The molecule has 0 fully saturated rings. The molecule has 0 saturated carbocycles. The zero-order valence-electron chi connectivity index (χ0n) is 10.3. The van der Waals surface area contributed by atoms with Crippen LogP contribution in [0.3, 0.4) is 0 Å². The van der Waals surface area contributed by atoms with E-state index in [-0.39, 0.29) is 11.5 Å². The summed E-state index contributed by atoms with van der Waals surface area (Å²) in [5.74, 6) is 0.486. The van der Waals surface area contributed by atoms with E-state index in [0.717, 1.165) is 0 Å². The first-order valence-corrected chi connectivity index (χ1v) is 5.70. The van der Waals surface area contributed by atoms with E-state index >= 15 is 0 Å². The zero-order chi connectivity index (χ0) is 13.8. The molecule has 0 spiro atoms. The average Bonchev–Trinajstić information content (AvgIpc) is 2.85. The summed E-state index contributed by atoms with van der Waals surface area (Å²) in [5, 5.41) is 14.9. The van der Waals surface area contributed by atoms with E-state index in [2.05, 4.69) is 10.1 Å². The number of non-ortho nitro benzene ring substituents is 1. The molecular weight excluding hydrogens is 248 g/mol. The maximum absolute atomic E-state index is 10.9. The summed E-state index contributed by atoms with van der Waals surface area (Å²) in [6.45, 7) is 1.97. The number of aromatic nitrogens is 3. The Morgan fingerprint density at radius 2 is 2.26 bits per heavy atom. The number of benzene rings is 1. The van der Waals surface area contributed by atoms with Gasteiger partial charge < -0.3 is 0 Å². The van der Waals surface area contributed by atoms with Crippen LogP contribution in [0.2, 0.25) is 0 Å². The summed E-state index contributed by atoms with van der Waals surface area (Å²) in [6.07, 6.45) is 1.90. The van der Waals surface area contributed by atoms with Gasteiger partial charge in [-0.15, -0.1) is 0 Å². The lowest BCUT2D eigenvalue weighted by Gasteiger charge is -1.97. The lowest BCUT2D eigenvalue weighted by atomic mass is 10.2. The van der Waals surface area contributed by atoms with Gasteiger partial charge in [0.05, 0.1) is 4.92 Å². The Labute approximate surface area is 109 Å². The molecule has 0 N–H and O–H groups in total. The van der Waals surface area contributed by atoms with Crippen molar-refractivity contribution in [3.05, 3.63) is 40.7 Å². The molecular formula is C12H12N4O3. The molecule has 1 aromatic heterocycles. The van der Waals surface area contributed by atoms with Crippen LogP contribution in [0.25, 0.3) is 11.4 Å². The van der Waals surface area contributed by atoms with Gasteiger partial charge in [0.2, 0.25) is 0 Å². The van der Waals surface area contributed by atoms with Crippen LogP contribution in [0.4, 0.5) is 5.69 Å². The summed E-state index contributed by atoms with van der Waals surface area (Å²) in [7, 11) is 0. The van der Waals surface area contributed by atoms with Crippen LogP contribution in [0.15, 0.2) is 30.6 Å². The fourth-order valence-electron chi connectivity index (χ4n) is 1.57. The van der Waals surface area contributed by atoms with Gasteiger partial charge in [-0.2, -0.15) is 5.10 Å². The number of carbonyl (C=O) groups is 1. The van der Waals surface area contributed by atoms with Crippen molar-refractivity contribution in [2.45, 2.75) is 19.9 Å². The Balaban J connectivity index is 2.20. The van der Waals surface area contributed by atoms with Crippen molar-refractivity contribution in [2.24, 2.45) is 0 Å². The highest BCUT2D eigenvalue weighted by molar-refractivity contribution is 5.75. The molecule has 0 radical (unpaired) electrons. The van der Waals surface area contributed by atoms with E-state index in [1.165, 1.54) is 25.4 Å². The van der Waals surface area contributed by atoms with Crippen molar-refractivity contribution in [1.82, 2.24) is 14.8 Å². The number of ketones is 1. The third-order valence-electron chi connectivity index (χ3n) is 2.54. The van der Waals surface area contributed by atoms with Gasteiger partial charge in [-0.25, -0.2) is 4.98 Å². The number of carbonyl (C=O) groups excluding carboxylic acids is 1. The Morgan fingerprint density at radius 3 is 2.95 bits per heavy atom. The van der Waals surface area contributed by atoms with Crippen molar-refractivity contribution in [1.29, 1.82) is 0 Å². The van der Waals surface area contributed by atoms with Crippen molar-refractivity contribution >= 4 is 11.5 Å². The minimum Gasteiger partial charge on any atom is -0.300 e. The molecule has 0 aliphatic rings.